The molecule has 1 atom stereocenters. The number of hydrogen-bond acceptors (Lipinski definition) is 2. The fourth-order valence-corrected chi connectivity index (χ4v) is 0.232. The largest absolute Gasteiger partial charge is 0.389 e. The summed E-state index contributed by atoms with van der Waals surface area (Å²) in [4.78, 5) is 0. The van der Waals surface area contributed by atoms with Crippen LogP contribution in [0.4, 0.5) is 0 Å². The van der Waals surface area contributed by atoms with Gasteiger partial charge in [-0.1, -0.05) is 0 Å². The minimum atomic E-state index is -0.273. The Kier molecular flexibility index (Phi) is 4.14. The van der Waals surface area contributed by atoms with E-state index in [9.17, 15) is 0 Å². The van der Waals surface area contributed by atoms with Crippen LogP contribution in [0.1, 0.15) is 0 Å². The Morgan fingerprint density at radius 3 is 2.29 bits per heavy atom. The van der Waals surface area contributed by atoms with Gasteiger partial charge in [-0.2, -0.15) is 0 Å². The van der Waals surface area contributed by atoms with Crippen molar-refractivity contribution in [1.82, 2.24) is 0 Å². The molecule has 0 amide bonds. The van der Waals surface area contributed by atoms with Crippen LogP contribution in [0, 0.1) is 0 Å². The van der Waals surface area contributed by atoms with Crippen LogP contribution in [-0.4, -0.2) is 34.7 Å². The Balaban J connectivity index is 2.83. The van der Waals surface area contributed by atoms with E-state index in [0.717, 1.165) is 0 Å². The van der Waals surface area contributed by atoms with Gasteiger partial charge in [0, 0.05) is 20.2 Å². The fourth-order valence-electron chi connectivity index (χ4n) is 0.232. The molecule has 2 radical (unpaired) electrons. The lowest BCUT2D eigenvalue weighted by molar-refractivity contribution is 0.0764. The lowest BCUT2D eigenvalue weighted by Crippen LogP contribution is -2.16. The molecule has 2 nitrogen and oxygen atoms in total. The molecule has 0 heterocycles. The zero-order chi connectivity index (χ0) is 5.70. The van der Waals surface area contributed by atoms with Gasteiger partial charge < -0.3 is 9.47 Å². The van der Waals surface area contributed by atoms with Crippen molar-refractivity contribution in [3.8, 4) is 0 Å². The van der Waals surface area contributed by atoms with Crippen molar-refractivity contribution < 1.29 is 9.47 Å². The Bertz CT molecular complexity index is 40.7. The van der Waals surface area contributed by atoms with Crippen molar-refractivity contribution in [1.29, 1.82) is 0 Å². The molecule has 0 spiro atoms. The fraction of sp³-hybridized carbons (Fsp3) is 1.00. The standard InChI is InChI=1S/C4H9BO2/c1-6-3-4(5)7-2/h4H,3H2,1-2H3. The molecule has 1 unspecified atom stereocenters. The molecule has 0 bridgehead atoms. The second kappa shape index (κ2) is 4.15. The van der Waals surface area contributed by atoms with E-state index < -0.39 is 0 Å². The van der Waals surface area contributed by atoms with Gasteiger partial charge in [0.1, 0.15) is 7.85 Å². The molecule has 0 aromatic carbocycles. The van der Waals surface area contributed by atoms with E-state index in [0.29, 0.717) is 6.61 Å². The highest BCUT2D eigenvalue weighted by Crippen LogP contribution is 1.79. The van der Waals surface area contributed by atoms with Gasteiger partial charge in [0.15, 0.2) is 0 Å². The maximum Gasteiger partial charge on any atom is 0.112 e. The summed E-state index contributed by atoms with van der Waals surface area (Å²) in [6.07, 6.45) is 0. The number of rotatable bonds is 3. The molecule has 0 aliphatic rings. The summed E-state index contributed by atoms with van der Waals surface area (Å²) in [5.41, 5.74) is 0. The average Bonchev–Trinajstić information content (AvgIpc) is 1.68. The topological polar surface area (TPSA) is 18.5 Å². The minimum absolute atomic E-state index is 0.273. The predicted molar refractivity (Wildman–Crippen MR) is 28.4 cm³/mol. The lowest BCUT2D eigenvalue weighted by Gasteiger charge is -2.05. The van der Waals surface area contributed by atoms with E-state index in [1.165, 1.54) is 0 Å². The normalized spacial score (nSPS) is 14.0. The Morgan fingerprint density at radius 1 is 1.57 bits per heavy atom. The number of ether oxygens (including phenoxy) is 2. The van der Waals surface area contributed by atoms with Crippen LogP contribution < -0.4 is 0 Å². The van der Waals surface area contributed by atoms with E-state index >= 15 is 0 Å². The van der Waals surface area contributed by atoms with E-state index in [4.69, 9.17) is 7.85 Å². The molecular formula is C4H9BO2. The molecule has 7 heavy (non-hydrogen) atoms. The van der Waals surface area contributed by atoms with Crippen LogP contribution in [0.3, 0.4) is 0 Å². The van der Waals surface area contributed by atoms with Gasteiger partial charge in [-0.05, 0) is 0 Å². The van der Waals surface area contributed by atoms with Crippen molar-refractivity contribution in [2.45, 2.75) is 6.00 Å². The van der Waals surface area contributed by atoms with Crippen molar-refractivity contribution >= 4 is 7.85 Å². The third kappa shape index (κ3) is 3.82. The first-order chi connectivity index (χ1) is 3.31. The van der Waals surface area contributed by atoms with Gasteiger partial charge in [0.05, 0.1) is 6.61 Å². The third-order valence-electron chi connectivity index (χ3n) is 0.634. The Labute approximate surface area is 45.2 Å². The lowest BCUT2D eigenvalue weighted by atomic mass is 10.0. The molecule has 0 fully saturated rings. The quantitative estimate of drug-likeness (QED) is 0.456. The molecule has 0 saturated carbocycles. The highest BCUT2D eigenvalue weighted by Gasteiger charge is 1.93. The van der Waals surface area contributed by atoms with Crippen molar-refractivity contribution in [3.63, 3.8) is 0 Å². The summed E-state index contributed by atoms with van der Waals surface area (Å²) in [6.45, 7) is 0.455. The van der Waals surface area contributed by atoms with E-state index in [2.05, 4.69) is 9.47 Å². The smallest absolute Gasteiger partial charge is 0.112 e. The summed E-state index contributed by atoms with van der Waals surface area (Å²) in [5, 5.41) is 0. The second-order valence-corrected chi connectivity index (χ2v) is 1.23. The molecule has 0 saturated heterocycles. The molecular weight excluding hydrogens is 90.9 g/mol. The summed E-state index contributed by atoms with van der Waals surface area (Å²) < 4.78 is 9.29. The van der Waals surface area contributed by atoms with Crippen LogP contribution in [0.25, 0.3) is 0 Å². The number of methoxy groups -OCH3 is 2. The van der Waals surface area contributed by atoms with Crippen molar-refractivity contribution in [3.05, 3.63) is 0 Å². The molecule has 40 valence electrons. The van der Waals surface area contributed by atoms with Crippen molar-refractivity contribution in [2.24, 2.45) is 0 Å². The van der Waals surface area contributed by atoms with Crippen LogP contribution in [0.15, 0.2) is 0 Å². The van der Waals surface area contributed by atoms with Crippen LogP contribution in [0.5, 0.6) is 0 Å². The van der Waals surface area contributed by atoms with Gasteiger partial charge in [0.2, 0.25) is 0 Å². The highest BCUT2D eigenvalue weighted by atomic mass is 16.5. The summed E-state index contributed by atoms with van der Waals surface area (Å²) in [5.74, 6) is 0. The SMILES string of the molecule is [B]C(COC)OC. The molecule has 0 aromatic rings. The van der Waals surface area contributed by atoms with Crippen LogP contribution in [-0.2, 0) is 9.47 Å². The van der Waals surface area contributed by atoms with Gasteiger partial charge in [0.25, 0.3) is 0 Å². The second-order valence-electron chi connectivity index (χ2n) is 1.23. The minimum Gasteiger partial charge on any atom is -0.389 e. The zero-order valence-corrected chi connectivity index (χ0v) is 4.68. The first-order valence-electron chi connectivity index (χ1n) is 2.08. The maximum absolute atomic E-state index is 5.24. The van der Waals surface area contributed by atoms with Crippen molar-refractivity contribution in [2.75, 3.05) is 20.8 Å². The van der Waals surface area contributed by atoms with Gasteiger partial charge >= 0.3 is 0 Å². The first kappa shape index (κ1) is 6.98. The Morgan fingerprint density at radius 2 is 2.14 bits per heavy atom. The molecule has 3 heteroatoms. The first-order valence-corrected chi connectivity index (χ1v) is 2.08. The predicted octanol–water partition coefficient (Wildman–Crippen LogP) is -0.226. The average molecular weight is 99.9 g/mol. The maximum atomic E-state index is 5.24. The molecule has 0 rings (SSSR count). The van der Waals surface area contributed by atoms with Crippen LogP contribution >= 0.6 is 0 Å². The zero-order valence-electron chi connectivity index (χ0n) is 4.68. The summed E-state index contributed by atoms with van der Waals surface area (Å²) in [7, 11) is 8.36. The van der Waals surface area contributed by atoms with Crippen LogP contribution in [0.2, 0.25) is 0 Å². The third-order valence-corrected chi connectivity index (χ3v) is 0.634. The highest BCUT2D eigenvalue weighted by molar-refractivity contribution is 6.11. The summed E-state index contributed by atoms with van der Waals surface area (Å²) in [6, 6.07) is -0.273. The monoisotopic (exact) mass is 100 g/mol. The molecule has 0 aromatic heterocycles. The van der Waals surface area contributed by atoms with E-state index in [1.807, 2.05) is 0 Å². The Hall–Kier alpha value is -0.0151. The van der Waals surface area contributed by atoms with Gasteiger partial charge in [-0.25, -0.2) is 0 Å². The summed E-state index contributed by atoms with van der Waals surface area (Å²) >= 11 is 0. The molecule has 0 aliphatic heterocycles. The van der Waals surface area contributed by atoms with E-state index in [-0.39, 0.29) is 6.00 Å². The van der Waals surface area contributed by atoms with E-state index in [1.54, 1.807) is 14.2 Å². The van der Waals surface area contributed by atoms with Gasteiger partial charge in [-0.3, -0.25) is 0 Å². The molecule has 0 N–H and O–H groups in total. The van der Waals surface area contributed by atoms with Gasteiger partial charge in [-0.15, -0.1) is 0 Å². The molecule has 0 aliphatic carbocycles. The number of hydrogen-bond donors (Lipinski definition) is 0.